The highest BCUT2D eigenvalue weighted by molar-refractivity contribution is 5.77. The third-order valence-electron chi connectivity index (χ3n) is 2.77. The molecule has 0 aliphatic rings. The van der Waals surface area contributed by atoms with Crippen molar-refractivity contribution in [2.24, 2.45) is 0 Å². The Labute approximate surface area is 110 Å². The van der Waals surface area contributed by atoms with Crippen LogP contribution in [0.3, 0.4) is 0 Å². The first kappa shape index (κ1) is 13.1. The van der Waals surface area contributed by atoms with Gasteiger partial charge in [0.15, 0.2) is 5.82 Å². The fraction of sp³-hybridized carbons (Fsp3) is 0.308. The number of carboxylic acids is 1. The molecule has 0 bridgehead atoms. The summed E-state index contributed by atoms with van der Waals surface area (Å²) in [5, 5.41) is 18.9. The van der Waals surface area contributed by atoms with E-state index in [0.717, 1.165) is 17.1 Å². The number of hydrogen-bond donors (Lipinski definition) is 3. The van der Waals surface area contributed by atoms with Crippen LogP contribution in [-0.4, -0.2) is 32.3 Å². The van der Waals surface area contributed by atoms with Crippen molar-refractivity contribution in [1.29, 1.82) is 0 Å². The van der Waals surface area contributed by atoms with E-state index in [9.17, 15) is 4.79 Å². The Bertz CT molecular complexity index is 580. The molecule has 1 aromatic heterocycles. The third kappa shape index (κ3) is 3.09. The third-order valence-corrected chi connectivity index (χ3v) is 2.77. The van der Waals surface area contributed by atoms with Gasteiger partial charge in [-0.15, -0.1) is 0 Å². The molecule has 2 aromatic rings. The van der Waals surface area contributed by atoms with Crippen molar-refractivity contribution in [3.63, 3.8) is 0 Å². The van der Waals surface area contributed by atoms with Crippen LogP contribution >= 0.6 is 0 Å². The highest BCUT2D eigenvalue weighted by atomic mass is 16.4. The number of nitrogens with one attached hydrogen (secondary N) is 2. The molecule has 0 aliphatic heterocycles. The number of nitrogens with zero attached hydrogens (tertiary/aromatic N) is 2. The highest BCUT2D eigenvalue weighted by Gasteiger charge is 2.14. The summed E-state index contributed by atoms with van der Waals surface area (Å²) in [5.74, 6) is 0.483. The van der Waals surface area contributed by atoms with E-state index in [1.807, 2.05) is 38.1 Å². The van der Waals surface area contributed by atoms with Gasteiger partial charge in [0.25, 0.3) is 0 Å². The molecule has 19 heavy (non-hydrogen) atoms. The van der Waals surface area contributed by atoms with Gasteiger partial charge in [0.2, 0.25) is 0 Å². The van der Waals surface area contributed by atoms with Crippen LogP contribution in [0.25, 0.3) is 11.4 Å². The van der Waals surface area contributed by atoms with Crippen LogP contribution in [0.5, 0.6) is 0 Å². The Kier molecular flexibility index (Phi) is 3.79. The van der Waals surface area contributed by atoms with Crippen LogP contribution in [0.4, 0.5) is 5.69 Å². The van der Waals surface area contributed by atoms with Gasteiger partial charge < -0.3 is 10.4 Å². The molecule has 0 amide bonds. The number of aryl methyl sites for hydroxylation is 1. The number of carbonyl (C=O) groups is 1. The monoisotopic (exact) mass is 260 g/mol. The van der Waals surface area contributed by atoms with Crippen LogP contribution in [0, 0.1) is 6.92 Å². The maximum atomic E-state index is 11.0. The first-order chi connectivity index (χ1) is 9.10. The quantitative estimate of drug-likeness (QED) is 0.765. The van der Waals surface area contributed by atoms with Crippen LogP contribution in [0.1, 0.15) is 19.2 Å². The lowest BCUT2D eigenvalue weighted by molar-refractivity contribution is -0.137. The Balaban J connectivity index is 2.22. The maximum Gasteiger partial charge on any atom is 0.326 e. The zero-order chi connectivity index (χ0) is 13.8. The molecule has 0 radical (unpaired) electrons. The molecule has 0 spiro atoms. The van der Waals surface area contributed by atoms with Gasteiger partial charge in [-0.3, -0.25) is 5.10 Å². The predicted octanol–water partition coefficient (Wildman–Crippen LogP) is 2.06. The first-order valence-corrected chi connectivity index (χ1v) is 6.09. The number of aromatic amines is 1. The van der Waals surface area contributed by atoms with Crippen LogP contribution in [0.2, 0.25) is 0 Å². The zero-order valence-corrected chi connectivity index (χ0v) is 10.8. The topological polar surface area (TPSA) is 90.9 Å². The molecule has 0 fully saturated rings. The van der Waals surface area contributed by atoms with Crippen molar-refractivity contribution in [3.8, 4) is 11.4 Å². The van der Waals surface area contributed by atoms with Gasteiger partial charge in [0, 0.05) is 11.3 Å². The molecule has 0 aliphatic carbocycles. The molecule has 2 rings (SSSR count). The lowest BCUT2D eigenvalue weighted by atomic mass is 10.1. The maximum absolute atomic E-state index is 11.0. The lowest BCUT2D eigenvalue weighted by Gasteiger charge is -2.13. The second-order valence-electron chi connectivity index (χ2n) is 4.27. The lowest BCUT2D eigenvalue weighted by Crippen LogP contribution is -2.28. The van der Waals surface area contributed by atoms with E-state index in [2.05, 4.69) is 20.5 Å². The van der Waals surface area contributed by atoms with Crippen molar-refractivity contribution in [3.05, 3.63) is 30.1 Å². The molecular formula is C13H16N4O2. The summed E-state index contributed by atoms with van der Waals surface area (Å²) < 4.78 is 0. The van der Waals surface area contributed by atoms with E-state index in [0.29, 0.717) is 12.2 Å². The summed E-state index contributed by atoms with van der Waals surface area (Å²) in [6, 6.07) is 6.81. The van der Waals surface area contributed by atoms with Crippen LogP contribution in [-0.2, 0) is 4.79 Å². The molecule has 1 aromatic carbocycles. The number of carboxylic acid groups (broad SMARTS) is 1. The molecule has 6 heteroatoms. The molecule has 0 saturated heterocycles. The average Bonchev–Trinajstić information content (AvgIpc) is 2.82. The van der Waals surface area contributed by atoms with Gasteiger partial charge in [-0.1, -0.05) is 19.1 Å². The fourth-order valence-corrected chi connectivity index (χ4v) is 1.76. The molecule has 6 nitrogen and oxygen atoms in total. The molecule has 0 saturated carbocycles. The van der Waals surface area contributed by atoms with Crippen molar-refractivity contribution >= 4 is 11.7 Å². The first-order valence-electron chi connectivity index (χ1n) is 6.09. The summed E-state index contributed by atoms with van der Waals surface area (Å²) >= 11 is 0. The Morgan fingerprint density at radius 3 is 2.89 bits per heavy atom. The van der Waals surface area contributed by atoms with Gasteiger partial charge in [-0.05, 0) is 25.5 Å². The molecule has 3 N–H and O–H groups in total. The van der Waals surface area contributed by atoms with Gasteiger partial charge in [-0.25, -0.2) is 9.78 Å². The Morgan fingerprint density at radius 2 is 2.32 bits per heavy atom. The van der Waals surface area contributed by atoms with Gasteiger partial charge in [-0.2, -0.15) is 5.10 Å². The Hall–Kier alpha value is -2.37. The SMILES string of the molecule is CCC(Nc1cccc(-c2n[nH]c(C)n2)c1)C(=O)O. The summed E-state index contributed by atoms with van der Waals surface area (Å²) in [6.07, 6.45) is 0.513. The number of hydrogen-bond acceptors (Lipinski definition) is 4. The molecule has 1 atom stereocenters. The number of H-pyrrole nitrogens is 1. The van der Waals surface area contributed by atoms with Crippen molar-refractivity contribution in [1.82, 2.24) is 15.2 Å². The standard InChI is InChI=1S/C13H16N4O2/c1-3-11(13(18)19)15-10-6-4-5-9(7-10)12-14-8(2)16-17-12/h4-7,11,15H,3H2,1-2H3,(H,18,19)(H,14,16,17). The van der Waals surface area contributed by atoms with Crippen LogP contribution in [0.15, 0.2) is 24.3 Å². The minimum absolute atomic E-state index is 0.513. The normalized spacial score (nSPS) is 12.1. The number of benzene rings is 1. The summed E-state index contributed by atoms with van der Waals surface area (Å²) in [5.41, 5.74) is 1.59. The van der Waals surface area contributed by atoms with Gasteiger partial charge in [0.1, 0.15) is 11.9 Å². The summed E-state index contributed by atoms with van der Waals surface area (Å²) in [7, 11) is 0. The average molecular weight is 260 g/mol. The predicted molar refractivity (Wildman–Crippen MR) is 71.9 cm³/mol. The van der Waals surface area contributed by atoms with Crippen LogP contribution < -0.4 is 5.32 Å². The van der Waals surface area contributed by atoms with E-state index >= 15 is 0 Å². The van der Waals surface area contributed by atoms with E-state index in [1.165, 1.54) is 0 Å². The number of aliphatic carboxylic acids is 1. The summed E-state index contributed by atoms with van der Waals surface area (Å²) in [4.78, 5) is 15.2. The molecule has 1 unspecified atom stereocenters. The van der Waals surface area contributed by atoms with Crippen molar-refractivity contribution in [2.45, 2.75) is 26.3 Å². The molecule has 1 heterocycles. The largest absolute Gasteiger partial charge is 0.480 e. The smallest absolute Gasteiger partial charge is 0.326 e. The number of anilines is 1. The minimum Gasteiger partial charge on any atom is -0.480 e. The van der Waals surface area contributed by atoms with E-state index in [4.69, 9.17) is 5.11 Å². The second-order valence-corrected chi connectivity index (χ2v) is 4.27. The zero-order valence-electron chi connectivity index (χ0n) is 10.8. The van der Waals surface area contributed by atoms with E-state index in [1.54, 1.807) is 0 Å². The number of rotatable bonds is 5. The molecule has 100 valence electrons. The van der Waals surface area contributed by atoms with Crippen molar-refractivity contribution < 1.29 is 9.90 Å². The van der Waals surface area contributed by atoms with Gasteiger partial charge in [0.05, 0.1) is 0 Å². The Morgan fingerprint density at radius 1 is 1.53 bits per heavy atom. The van der Waals surface area contributed by atoms with Gasteiger partial charge >= 0.3 is 5.97 Å². The second kappa shape index (κ2) is 5.51. The minimum atomic E-state index is -0.860. The van der Waals surface area contributed by atoms with E-state index in [-0.39, 0.29) is 0 Å². The number of aromatic nitrogens is 3. The summed E-state index contributed by atoms with van der Waals surface area (Å²) in [6.45, 7) is 3.66. The fourth-order valence-electron chi connectivity index (χ4n) is 1.76. The highest BCUT2D eigenvalue weighted by Crippen LogP contribution is 2.20. The van der Waals surface area contributed by atoms with E-state index < -0.39 is 12.0 Å². The molecular weight excluding hydrogens is 244 g/mol. The van der Waals surface area contributed by atoms with Crippen molar-refractivity contribution in [2.75, 3.05) is 5.32 Å².